The predicted octanol–water partition coefficient (Wildman–Crippen LogP) is 4.97. The van der Waals surface area contributed by atoms with Gasteiger partial charge in [0.2, 0.25) is 0 Å². The maximum atomic E-state index is 3.58. The lowest BCUT2D eigenvalue weighted by Crippen LogP contribution is -1.88. The van der Waals surface area contributed by atoms with E-state index in [0.29, 0.717) is 0 Å². The number of fused-ring (bicyclic) bond motifs is 3. The lowest BCUT2D eigenvalue weighted by Gasteiger charge is -2.04. The first-order valence-corrected chi connectivity index (χ1v) is 6.79. The fourth-order valence-electron chi connectivity index (χ4n) is 2.75. The molecular formula is C17H19N. The van der Waals surface area contributed by atoms with Crippen LogP contribution < -0.4 is 0 Å². The summed E-state index contributed by atoms with van der Waals surface area (Å²) in [6.07, 6.45) is 3.67. The summed E-state index contributed by atoms with van der Waals surface area (Å²) in [6.45, 7) is 4.44. The summed E-state index contributed by atoms with van der Waals surface area (Å²) in [5.74, 6) is 0. The first kappa shape index (κ1) is 11.3. The van der Waals surface area contributed by atoms with E-state index in [1.165, 1.54) is 52.2 Å². The van der Waals surface area contributed by atoms with Crippen molar-refractivity contribution in [2.24, 2.45) is 0 Å². The van der Waals surface area contributed by atoms with Gasteiger partial charge in [-0.25, -0.2) is 0 Å². The maximum Gasteiger partial charge on any atom is 0.0497 e. The number of aryl methyl sites for hydroxylation is 2. The van der Waals surface area contributed by atoms with Gasteiger partial charge in [0, 0.05) is 21.8 Å². The third kappa shape index (κ3) is 1.80. The van der Waals surface area contributed by atoms with E-state index in [2.05, 4.69) is 55.2 Å². The lowest BCUT2D eigenvalue weighted by atomic mass is 10.0. The minimum Gasteiger partial charge on any atom is -0.354 e. The normalized spacial score (nSPS) is 11.4. The van der Waals surface area contributed by atoms with Crippen molar-refractivity contribution >= 4 is 21.8 Å². The van der Waals surface area contributed by atoms with E-state index < -0.39 is 0 Å². The van der Waals surface area contributed by atoms with E-state index in [1.54, 1.807) is 0 Å². The van der Waals surface area contributed by atoms with E-state index in [9.17, 15) is 0 Å². The zero-order valence-corrected chi connectivity index (χ0v) is 11.1. The van der Waals surface area contributed by atoms with Crippen LogP contribution in [-0.4, -0.2) is 4.98 Å². The average Bonchev–Trinajstić information content (AvgIpc) is 2.75. The van der Waals surface area contributed by atoms with Crippen LogP contribution in [0.4, 0.5) is 0 Å². The van der Waals surface area contributed by atoms with Crippen LogP contribution in [0.2, 0.25) is 0 Å². The molecule has 3 rings (SSSR count). The molecule has 1 aromatic heterocycles. The van der Waals surface area contributed by atoms with E-state index in [1.807, 2.05) is 0 Å². The van der Waals surface area contributed by atoms with Crippen molar-refractivity contribution in [1.29, 1.82) is 0 Å². The van der Waals surface area contributed by atoms with Crippen LogP contribution in [0.5, 0.6) is 0 Å². The summed E-state index contributed by atoms with van der Waals surface area (Å²) in [6, 6.07) is 13.2. The summed E-state index contributed by atoms with van der Waals surface area (Å²) in [7, 11) is 0. The van der Waals surface area contributed by atoms with Crippen molar-refractivity contribution in [2.75, 3.05) is 0 Å². The van der Waals surface area contributed by atoms with E-state index in [0.717, 1.165) is 0 Å². The van der Waals surface area contributed by atoms with Gasteiger partial charge in [-0.1, -0.05) is 43.2 Å². The Morgan fingerprint density at radius 2 is 1.89 bits per heavy atom. The van der Waals surface area contributed by atoms with Crippen LogP contribution in [0.1, 0.15) is 30.9 Å². The largest absolute Gasteiger partial charge is 0.354 e. The Labute approximate surface area is 108 Å². The molecule has 1 nitrogen and oxygen atoms in total. The van der Waals surface area contributed by atoms with Gasteiger partial charge in [-0.05, 0) is 37.5 Å². The molecule has 1 heterocycles. The minimum absolute atomic E-state index is 1.17. The highest BCUT2D eigenvalue weighted by atomic mass is 14.7. The standard InChI is InChI=1S/C17H19N/c1-3-4-7-13-10-12(2)11-15-14-8-5-6-9-16(14)18-17(13)15/h5-6,8-11,18H,3-4,7H2,1-2H3. The number of hydrogen-bond acceptors (Lipinski definition) is 0. The number of H-pyrrole nitrogens is 1. The first-order chi connectivity index (χ1) is 8.79. The molecule has 0 saturated carbocycles. The SMILES string of the molecule is CCCCc1cc(C)cc2c1[nH]c1ccccc12. The molecule has 92 valence electrons. The fourth-order valence-corrected chi connectivity index (χ4v) is 2.75. The molecule has 0 aliphatic carbocycles. The van der Waals surface area contributed by atoms with E-state index in [-0.39, 0.29) is 0 Å². The maximum absolute atomic E-state index is 3.58. The van der Waals surface area contributed by atoms with Gasteiger partial charge < -0.3 is 4.98 Å². The molecule has 0 atom stereocenters. The Hall–Kier alpha value is -1.76. The number of unbranched alkanes of at least 4 members (excludes halogenated alkanes) is 1. The third-order valence-electron chi connectivity index (χ3n) is 3.64. The highest BCUT2D eigenvalue weighted by Gasteiger charge is 2.08. The number of aromatic amines is 1. The Bertz CT molecular complexity index is 691. The predicted molar refractivity (Wildman–Crippen MR) is 79.2 cm³/mol. The summed E-state index contributed by atoms with van der Waals surface area (Å²) < 4.78 is 0. The number of nitrogens with one attached hydrogen (secondary N) is 1. The molecule has 1 N–H and O–H groups in total. The summed E-state index contributed by atoms with van der Waals surface area (Å²) in [4.78, 5) is 3.58. The van der Waals surface area contributed by atoms with Gasteiger partial charge in [0.05, 0.1) is 0 Å². The van der Waals surface area contributed by atoms with Crippen LogP contribution >= 0.6 is 0 Å². The molecule has 0 fully saturated rings. The molecule has 0 amide bonds. The number of rotatable bonds is 3. The average molecular weight is 237 g/mol. The van der Waals surface area contributed by atoms with E-state index in [4.69, 9.17) is 0 Å². The molecular weight excluding hydrogens is 218 g/mol. The van der Waals surface area contributed by atoms with Gasteiger partial charge in [0.25, 0.3) is 0 Å². The number of aromatic nitrogens is 1. The van der Waals surface area contributed by atoms with Crippen LogP contribution in [0.15, 0.2) is 36.4 Å². The molecule has 0 bridgehead atoms. The molecule has 0 spiro atoms. The number of para-hydroxylation sites is 1. The second kappa shape index (κ2) is 4.49. The highest BCUT2D eigenvalue weighted by Crippen LogP contribution is 2.29. The molecule has 0 aliphatic heterocycles. The Balaban J connectivity index is 2.29. The minimum atomic E-state index is 1.17. The number of benzene rings is 2. The van der Waals surface area contributed by atoms with Crippen LogP contribution in [0, 0.1) is 6.92 Å². The summed E-state index contributed by atoms with van der Waals surface area (Å²) in [5.41, 5.74) is 5.40. The first-order valence-electron chi connectivity index (χ1n) is 6.79. The van der Waals surface area contributed by atoms with Crippen molar-refractivity contribution in [2.45, 2.75) is 33.1 Å². The third-order valence-corrected chi connectivity index (χ3v) is 3.64. The zero-order valence-electron chi connectivity index (χ0n) is 11.1. The topological polar surface area (TPSA) is 15.8 Å². The van der Waals surface area contributed by atoms with E-state index >= 15 is 0 Å². The molecule has 0 saturated heterocycles. The summed E-state index contributed by atoms with van der Waals surface area (Å²) in [5, 5.41) is 2.71. The zero-order chi connectivity index (χ0) is 12.5. The van der Waals surface area contributed by atoms with Crippen molar-refractivity contribution in [3.8, 4) is 0 Å². The van der Waals surface area contributed by atoms with Gasteiger partial charge >= 0.3 is 0 Å². The quantitative estimate of drug-likeness (QED) is 0.661. The molecule has 0 aliphatic rings. The van der Waals surface area contributed by atoms with Gasteiger partial charge in [-0.3, -0.25) is 0 Å². The van der Waals surface area contributed by atoms with Crippen LogP contribution in [0.25, 0.3) is 21.8 Å². The molecule has 0 radical (unpaired) electrons. The monoisotopic (exact) mass is 237 g/mol. The number of hydrogen-bond donors (Lipinski definition) is 1. The van der Waals surface area contributed by atoms with Crippen molar-refractivity contribution in [1.82, 2.24) is 4.98 Å². The van der Waals surface area contributed by atoms with Gasteiger partial charge in [0.1, 0.15) is 0 Å². The Kier molecular flexibility index (Phi) is 2.83. The van der Waals surface area contributed by atoms with Crippen LogP contribution in [0.3, 0.4) is 0 Å². The molecule has 3 aromatic rings. The Morgan fingerprint density at radius 1 is 1.06 bits per heavy atom. The second-order valence-electron chi connectivity index (χ2n) is 5.12. The molecule has 2 aromatic carbocycles. The van der Waals surface area contributed by atoms with Crippen molar-refractivity contribution < 1.29 is 0 Å². The smallest absolute Gasteiger partial charge is 0.0497 e. The Morgan fingerprint density at radius 3 is 2.72 bits per heavy atom. The molecule has 0 unspecified atom stereocenters. The second-order valence-corrected chi connectivity index (χ2v) is 5.12. The molecule has 1 heteroatoms. The summed E-state index contributed by atoms with van der Waals surface area (Å²) >= 11 is 0. The molecule has 18 heavy (non-hydrogen) atoms. The highest BCUT2D eigenvalue weighted by molar-refractivity contribution is 6.08. The van der Waals surface area contributed by atoms with Gasteiger partial charge in [-0.2, -0.15) is 0 Å². The van der Waals surface area contributed by atoms with Crippen LogP contribution in [-0.2, 0) is 6.42 Å². The lowest BCUT2D eigenvalue weighted by molar-refractivity contribution is 0.797. The van der Waals surface area contributed by atoms with Crippen molar-refractivity contribution in [3.05, 3.63) is 47.5 Å². The van der Waals surface area contributed by atoms with Gasteiger partial charge in [0.15, 0.2) is 0 Å². The van der Waals surface area contributed by atoms with Gasteiger partial charge in [-0.15, -0.1) is 0 Å². The van der Waals surface area contributed by atoms with Crippen molar-refractivity contribution in [3.63, 3.8) is 0 Å². The fraction of sp³-hybridized carbons (Fsp3) is 0.294.